The van der Waals surface area contributed by atoms with Crippen molar-refractivity contribution in [2.45, 2.75) is 39.2 Å². The van der Waals surface area contributed by atoms with Gasteiger partial charge in [0, 0.05) is 28.8 Å². The molecule has 0 bridgehead atoms. The van der Waals surface area contributed by atoms with E-state index in [0.717, 1.165) is 54.1 Å². The molecule has 0 saturated heterocycles. The van der Waals surface area contributed by atoms with Crippen LogP contribution in [-0.2, 0) is 11.3 Å². The quantitative estimate of drug-likeness (QED) is 0.484. The molecule has 0 aliphatic heterocycles. The van der Waals surface area contributed by atoms with Crippen LogP contribution in [0.15, 0.2) is 42.5 Å². The number of halogens is 2. The van der Waals surface area contributed by atoms with E-state index in [0.29, 0.717) is 22.6 Å². The molecule has 2 N–H and O–H groups in total. The number of aliphatic carboxylic acids is 1. The minimum Gasteiger partial charge on any atom is -0.481 e. The summed E-state index contributed by atoms with van der Waals surface area (Å²) in [4.78, 5) is 13.4. The van der Waals surface area contributed by atoms with Crippen molar-refractivity contribution < 1.29 is 9.90 Å². The van der Waals surface area contributed by atoms with Crippen LogP contribution < -0.4 is 5.32 Å². The smallest absolute Gasteiger partial charge is 0.306 e. The molecule has 0 heterocycles. The molecule has 4 nitrogen and oxygen atoms in total. The highest BCUT2D eigenvalue weighted by atomic mass is 35.5. The number of thiocarbonyl (C=S) groups is 1. The highest BCUT2D eigenvalue weighted by molar-refractivity contribution is 7.80. The third-order valence-electron chi connectivity index (χ3n) is 5.66. The number of hydrogen-bond donors (Lipinski definition) is 2. The molecule has 30 heavy (non-hydrogen) atoms. The predicted octanol–water partition coefficient (Wildman–Crippen LogP) is 6.39. The maximum atomic E-state index is 11.3. The molecule has 1 saturated carbocycles. The van der Waals surface area contributed by atoms with Gasteiger partial charge in [-0.15, -0.1) is 0 Å². The summed E-state index contributed by atoms with van der Waals surface area (Å²) in [6.07, 6.45) is 3.25. The summed E-state index contributed by atoms with van der Waals surface area (Å²) in [7, 11) is 0. The molecular weight excluding hydrogens is 439 g/mol. The van der Waals surface area contributed by atoms with Crippen molar-refractivity contribution in [3.05, 3.63) is 63.6 Å². The van der Waals surface area contributed by atoms with Gasteiger partial charge in [0.2, 0.25) is 0 Å². The number of nitrogens with one attached hydrogen (secondary N) is 1. The lowest BCUT2D eigenvalue weighted by Gasteiger charge is -2.33. The number of carbonyl (C=O) groups is 1. The largest absolute Gasteiger partial charge is 0.481 e. The third kappa shape index (κ3) is 6.34. The zero-order valence-corrected chi connectivity index (χ0v) is 19.2. The van der Waals surface area contributed by atoms with Crippen LogP contribution in [0.5, 0.6) is 0 Å². The van der Waals surface area contributed by atoms with Crippen LogP contribution in [0.4, 0.5) is 5.69 Å². The number of hydrogen-bond acceptors (Lipinski definition) is 2. The summed E-state index contributed by atoms with van der Waals surface area (Å²) in [5.41, 5.74) is 3.01. The molecule has 7 heteroatoms. The molecule has 0 aromatic heterocycles. The molecule has 160 valence electrons. The molecule has 1 fully saturated rings. The first-order chi connectivity index (χ1) is 14.3. The van der Waals surface area contributed by atoms with Crippen LogP contribution in [0.3, 0.4) is 0 Å². The van der Waals surface area contributed by atoms with Gasteiger partial charge in [0.25, 0.3) is 0 Å². The number of rotatable bonds is 6. The number of carboxylic acids is 1. The lowest BCUT2D eigenvalue weighted by molar-refractivity contribution is -0.143. The minimum absolute atomic E-state index is 0.215. The van der Waals surface area contributed by atoms with Crippen LogP contribution >= 0.6 is 35.4 Å². The Morgan fingerprint density at radius 2 is 1.80 bits per heavy atom. The second kappa shape index (κ2) is 10.5. The first kappa shape index (κ1) is 22.9. The van der Waals surface area contributed by atoms with Gasteiger partial charge in [-0.2, -0.15) is 0 Å². The van der Waals surface area contributed by atoms with Crippen LogP contribution in [0, 0.1) is 18.8 Å². The highest BCUT2D eigenvalue weighted by Crippen LogP contribution is 2.30. The average Bonchev–Trinajstić information content (AvgIpc) is 2.72. The molecule has 3 rings (SSSR count). The summed E-state index contributed by atoms with van der Waals surface area (Å²) < 4.78 is 0. The Morgan fingerprint density at radius 3 is 2.40 bits per heavy atom. The van der Waals surface area contributed by atoms with Crippen molar-refractivity contribution in [1.82, 2.24) is 4.90 Å². The molecule has 0 unspecified atom stereocenters. The molecule has 0 radical (unpaired) electrons. The van der Waals surface area contributed by atoms with Gasteiger partial charge in [-0.05, 0) is 92.2 Å². The Labute approximate surface area is 193 Å². The SMILES string of the molecule is Cc1cc(NC(=S)N(Cc2ccc(Cl)cc2)CC2CCC(C(=O)O)CC2)ccc1Cl. The van der Waals surface area contributed by atoms with E-state index in [1.807, 2.05) is 49.4 Å². The number of anilines is 1. The molecule has 2 aromatic carbocycles. The predicted molar refractivity (Wildman–Crippen MR) is 127 cm³/mol. The van der Waals surface area contributed by atoms with Crippen molar-refractivity contribution >= 4 is 52.2 Å². The molecule has 0 amide bonds. The highest BCUT2D eigenvalue weighted by Gasteiger charge is 2.27. The molecule has 1 aliphatic rings. The van der Waals surface area contributed by atoms with Gasteiger partial charge in [-0.3, -0.25) is 4.79 Å². The van der Waals surface area contributed by atoms with E-state index >= 15 is 0 Å². The molecule has 0 spiro atoms. The van der Waals surface area contributed by atoms with Crippen LogP contribution in [0.1, 0.15) is 36.8 Å². The second-order valence-electron chi connectivity index (χ2n) is 7.96. The zero-order chi connectivity index (χ0) is 21.7. The van der Waals surface area contributed by atoms with E-state index < -0.39 is 5.97 Å². The Hall–Kier alpha value is -1.82. The standard InChI is InChI=1S/C23H26Cl2N2O2S/c1-15-12-20(10-11-21(15)25)26-23(30)27(14-17-4-8-19(24)9-5-17)13-16-2-6-18(7-3-16)22(28)29/h4-5,8-12,16,18H,2-3,6-7,13-14H2,1H3,(H,26,30)(H,28,29). The topological polar surface area (TPSA) is 52.6 Å². The Kier molecular flexibility index (Phi) is 7.98. The van der Waals surface area contributed by atoms with Crippen molar-refractivity contribution in [2.75, 3.05) is 11.9 Å². The Bertz CT molecular complexity index is 897. The van der Waals surface area contributed by atoms with E-state index in [4.69, 9.17) is 35.4 Å². The summed E-state index contributed by atoms with van der Waals surface area (Å²) >= 11 is 17.9. The molecule has 1 aliphatic carbocycles. The van der Waals surface area contributed by atoms with Crippen LogP contribution in [-0.4, -0.2) is 27.6 Å². The van der Waals surface area contributed by atoms with Crippen molar-refractivity contribution in [2.24, 2.45) is 11.8 Å². The molecule has 2 aromatic rings. The lowest BCUT2D eigenvalue weighted by Crippen LogP contribution is -2.39. The van der Waals surface area contributed by atoms with Gasteiger partial charge in [-0.25, -0.2) is 0 Å². The van der Waals surface area contributed by atoms with E-state index in [2.05, 4.69) is 10.2 Å². The lowest BCUT2D eigenvalue weighted by atomic mass is 9.82. The van der Waals surface area contributed by atoms with Crippen LogP contribution in [0.25, 0.3) is 0 Å². The maximum absolute atomic E-state index is 11.3. The second-order valence-corrected chi connectivity index (χ2v) is 9.19. The minimum atomic E-state index is -0.679. The number of nitrogens with zero attached hydrogens (tertiary/aromatic N) is 1. The normalized spacial score (nSPS) is 18.6. The van der Waals surface area contributed by atoms with E-state index in [1.54, 1.807) is 0 Å². The number of aryl methyl sites for hydroxylation is 1. The average molecular weight is 465 g/mol. The number of benzene rings is 2. The van der Waals surface area contributed by atoms with Crippen molar-refractivity contribution in [3.63, 3.8) is 0 Å². The summed E-state index contributed by atoms with van der Waals surface area (Å²) in [6, 6.07) is 13.5. The fourth-order valence-electron chi connectivity index (χ4n) is 3.86. The van der Waals surface area contributed by atoms with E-state index in [1.165, 1.54) is 0 Å². The summed E-state index contributed by atoms with van der Waals surface area (Å²) in [6.45, 7) is 3.41. The monoisotopic (exact) mass is 464 g/mol. The molecular formula is C23H26Cl2N2O2S. The molecule has 0 atom stereocenters. The van der Waals surface area contributed by atoms with E-state index in [9.17, 15) is 9.90 Å². The van der Waals surface area contributed by atoms with Gasteiger partial charge >= 0.3 is 5.97 Å². The fraction of sp³-hybridized carbons (Fsp3) is 0.391. The van der Waals surface area contributed by atoms with E-state index in [-0.39, 0.29) is 5.92 Å². The van der Waals surface area contributed by atoms with Gasteiger partial charge in [0.05, 0.1) is 5.92 Å². The van der Waals surface area contributed by atoms with Gasteiger partial charge in [0.15, 0.2) is 5.11 Å². The first-order valence-corrected chi connectivity index (χ1v) is 11.3. The Morgan fingerprint density at radius 1 is 1.13 bits per heavy atom. The van der Waals surface area contributed by atoms with Crippen molar-refractivity contribution in [1.29, 1.82) is 0 Å². The first-order valence-electron chi connectivity index (χ1n) is 10.1. The van der Waals surface area contributed by atoms with Crippen molar-refractivity contribution in [3.8, 4) is 0 Å². The van der Waals surface area contributed by atoms with Gasteiger partial charge < -0.3 is 15.3 Å². The maximum Gasteiger partial charge on any atom is 0.306 e. The fourth-order valence-corrected chi connectivity index (χ4v) is 4.36. The summed E-state index contributed by atoms with van der Waals surface area (Å²) in [5, 5.41) is 14.7. The number of carboxylic acid groups (broad SMARTS) is 1. The third-order valence-corrected chi connectivity index (χ3v) is 6.69. The zero-order valence-electron chi connectivity index (χ0n) is 16.9. The van der Waals surface area contributed by atoms with Gasteiger partial charge in [0.1, 0.15) is 0 Å². The van der Waals surface area contributed by atoms with Crippen LogP contribution in [0.2, 0.25) is 10.0 Å². The summed E-state index contributed by atoms with van der Waals surface area (Å²) in [5.74, 6) is -0.477. The Balaban J connectivity index is 1.71. The van der Waals surface area contributed by atoms with Gasteiger partial charge in [-0.1, -0.05) is 35.3 Å².